The Kier molecular flexibility index (Phi) is 6.66. The molecule has 1 unspecified atom stereocenters. The predicted molar refractivity (Wildman–Crippen MR) is 112 cm³/mol. The van der Waals surface area contributed by atoms with Crippen molar-refractivity contribution in [2.24, 2.45) is 25.4 Å². The third-order valence-corrected chi connectivity index (χ3v) is 5.19. The molecule has 0 spiro atoms. The highest BCUT2D eigenvalue weighted by Gasteiger charge is 2.34. The van der Waals surface area contributed by atoms with Gasteiger partial charge < -0.3 is 10.4 Å². The molecule has 3 rings (SSSR count). The maximum atomic E-state index is 12.1. The van der Waals surface area contributed by atoms with Gasteiger partial charge in [0, 0.05) is 0 Å². The molecule has 2 aromatic carbocycles. The molecule has 1 fully saturated rings. The van der Waals surface area contributed by atoms with Crippen molar-refractivity contribution >= 4 is 44.7 Å². The van der Waals surface area contributed by atoms with Gasteiger partial charge in [-0.2, -0.15) is 39.1 Å². The Balaban J connectivity index is 1.94. The Morgan fingerprint density at radius 3 is 2.39 bits per heavy atom. The van der Waals surface area contributed by atoms with Crippen molar-refractivity contribution in [3.05, 3.63) is 42.0 Å². The summed E-state index contributed by atoms with van der Waals surface area (Å²) in [5.41, 5.74) is 0.557. The molecule has 2 aromatic rings. The van der Waals surface area contributed by atoms with Crippen LogP contribution in [0.4, 0.5) is 17.1 Å². The number of phenols is 1. The first kappa shape index (κ1) is 23.3. The lowest BCUT2D eigenvalue weighted by molar-refractivity contribution is -0.130. The summed E-state index contributed by atoms with van der Waals surface area (Å²) in [6.45, 7) is 1.57. The molecule has 1 amide bonds. The highest BCUT2D eigenvalue weighted by atomic mass is 32.2. The van der Waals surface area contributed by atoms with Crippen molar-refractivity contribution in [1.29, 1.82) is 5.26 Å². The SMILES string of the molecule is Cc1cc(N=NC2C(=O)CC(=NC#N)NC2=O)c(S(=O)(=O)O)cc1N=Nc1ccc(O)cc1. The molecule has 13 nitrogen and oxygen atoms in total. The van der Waals surface area contributed by atoms with Gasteiger partial charge in [0.15, 0.2) is 5.78 Å². The second-order valence-corrected chi connectivity index (χ2v) is 8.10. The number of amidine groups is 1. The van der Waals surface area contributed by atoms with Crippen LogP contribution in [-0.2, 0) is 19.7 Å². The van der Waals surface area contributed by atoms with Crippen molar-refractivity contribution in [2.45, 2.75) is 24.3 Å². The van der Waals surface area contributed by atoms with Crippen LogP contribution in [0.15, 0.2) is 66.7 Å². The number of azo groups is 2. The summed E-state index contributed by atoms with van der Waals surface area (Å²) in [7, 11) is -4.79. The van der Waals surface area contributed by atoms with E-state index in [9.17, 15) is 27.7 Å². The fraction of sp³-hybridized carbons (Fsp3) is 0.158. The highest BCUT2D eigenvalue weighted by molar-refractivity contribution is 7.86. The molecular formula is C19H15N7O6S. The molecule has 1 heterocycles. The van der Waals surface area contributed by atoms with E-state index in [-0.39, 0.29) is 29.4 Å². The summed E-state index contributed by atoms with van der Waals surface area (Å²) in [6.07, 6.45) is 1.10. The number of rotatable bonds is 5. The van der Waals surface area contributed by atoms with Crippen LogP contribution in [0.25, 0.3) is 0 Å². The number of aryl methyl sites for hydroxylation is 1. The van der Waals surface area contributed by atoms with Crippen molar-refractivity contribution < 1.29 is 27.7 Å². The zero-order chi connectivity index (χ0) is 24.2. The largest absolute Gasteiger partial charge is 0.508 e. The van der Waals surface area contributed by atoms with Crippen LogP contribution in [0.3, 0.4) is 0 Å². The topological polar surface area (TPSA) is 206 Å². The first-order chi connectivity index (χ1) is 15.6. The number of carbonyl (C=O) groups excluding carboxylic acids is 2. The lowest BCUT2D eigenvalue weighted by atomic mass is 10.1. The van der Waals surface area contributed by atoms with Gasteiger partial charge in [0.1, 0.15) is 22.2 Å². The number of hydrogen-bond acceptors (Lipinski definition) is 11. The van der Waals surface area contributed by atoms with Gasteiger partial charge in [0.05, 0.1) is 17.8 Å². The number of piperidine rings is 1. The highest BCUT2D eigenvalue weighted by Crippen LogP contribution is 2.33. The number of carbonyl (C=O) groups is 2. The Hall–Kier alpha value is -4.35. The second-order valence-electron chi connectivity index (χ2n) is 6.71. The summed E-state index contributed by atoms with van der Waals surface area (Å²) >= 11 is 0. The Bertz CT molecular complexity index is 1340. The second kappa shape index (κ2) is 9.42. The first-order valence-electron chi connectivity index (χ1n) is 9.11. The summed E-state index contributed by atoms with van der Waals surface area (Å²) < 4.78 is 33.4. The summed E-state index contributed by atoms with van der Waals surface area (Å²) in [6, 6.07) is 6.44. The number of nitrogens with one attached hydrogen (secondary N) is 1. The molecule has 0 bridgehead atoms. The fourth-order valence-corrected chi connectivity index (χ4v) is 3.34. The van der Waals surface area contributed by atoms with Crippen molar-refractivity contribution in [3.8, 4) is 11.9 Å². The molecule has 1 aliphatic heterocycles. The zero-order valence-electron chi connectivity index (χ0n) is 16.9. The van der Waals surface area contributed by atoms with Gasteiger partial charge in [0.25, 0.3) is 16.0 Å². The van der Waals surface area contributed by atoms with Crippen LogP contribution < -0.4 is 5.32 Å². The van der Waals surface area contributed by atoms with Crippen molar-refractivity contribution in [3.63, 3.8) is 0 Å². The number of aliphatic imine (C=N–C) groups is 1. The Morgan fingerprint density at radius 1 is 1.09 bits per heavy atom. The van der Waals surface area contributed by atoms with E-state index in [1.165, 1.54) is 36.5 Å². The van der Waals surface area contributed by atoms with Crippen LogP contribution in [0, 0.1) is 18.4 Å². The lowest BCUT2D eigenvalue weighted by Crippen LogP contribution is -2.48. The normalized spacial score (nSPS) is 18.1. The minimum atomic E-state index is -4.79. The van der Waals surface area contributed by atoms with Gasteiger partial charge in [-0.05, 0) is 48.9 Å². The quantitative estimate of drug-likeness (QED) is 0.258. The average molecular weight is 469 g/mol. The van der Waals surface area contributed by atoms with Gasteiger partial charge in [-0.1, -0.05) is 0 Å². The molecule has 0 aromatic heterocycles. The number of nitrogens with zero attached hydrogens (tertiary/aromatic N) is 6. The van der Waals surface area contributed by atoms with E-state index < -0.39 is 32.7 Å². The molecule has 14 heteroatoms. The molecular weight excluding hydrogens is 454 g/mol. The summed E-state index contributed by atoms with van der Waals surface area (Å²) in [5, 5.41) is 35.3. The standard InChI is InChI=1S/C19H15N7O6S/c1-10-6-14(25-26-18-15(28)8-17(21-9-20)22-19(18)29)16(33(30,31)32)7-13(10)24-23-11-2-4-12(27)5-3-11/h2-7,18,27H,8H2,1H3,(H,21,22,29)(H,30,31,32). The maximum Gasteiger partial charge on any atom is 0.296 e. The zero-order valence-corrected chi connectivity index (χ0v) is 17.7. The molecule has 0 radical (unpaired) electrons. The predicted octanol–water partition coefficient (Wildman–Crippen LogP) is 2.78. The number of nitriles is 1. The molecule has 1 aliphatic rings. The first-order valence-corrected chi connectivity index (χ1v) is 10.6. The lowest BCUT2D eigenvalue weighted by Gasteiger charge is -2.17. The average Bonchev–Trinajstić information content (AvgIpc) is 2.73. The number of benzene rings is 2. The van der Waals surface area contributed by atoms with Crippen LogP contribution in [0.1, 0.15) is 12.0 Å². The van der Waals surface area contributed by atoms with Crippen LogP contribution in [-0.4, -0.2) is 41.6 Å². The maximum absolute atomic E-state index is 12.1. The number of ketones is 1. The van der Waals surface area contributed by atoms with E-state index >= 15 is 0 Å². The molecule has 168 valence electrons. The molecule has 33 heavy (non-hydrogen) atoms. The monoisotopic (exact) mass is 469 g/mol. The number of Topliss-reactive ketones (excluding diaryl/α,β-unsaturated/α-hetero) is 1. The van der Waals surface area contributed by atoms with E-state index in [1.807, 2.05) is 0 Å². The van der Waals surface area contributed by atoms with Crippen LogP contribution in [0.2, 0.25) is 0 Å². The summed E-state index contributed by atoms with van der Waals surface area (Å²) in [4.78, 5) is 26.8. The van der Waals surface area contributed by atoms with Crippen molar-refractivity contribution in [2.75, 3.05) is 0 Å². The van der Waals surface area contributed by atoms with Gasteiger partial charge in [-0.3, -0.25) is 14.1 Å². The van der Waals surface area contributed by atoms with E-state index in [0.717, 1.165) is 6.07 Å². The number of phenolic OH excluding ortho intramolecular Hbond substituents is 1. The summed E-state index contributed by atoms with van der Waals surface area (Å²) in [5.74, 6) is -1.67. The number of aromatic hydroxyl groups is 1. The third-order valence-electron chi connectivity index (χ3n) is 4.31. The number of hydrogen-bond donors (Lipinski definition) is 3. The van der Waals surface area contributed by atoms with Gasteiger partial charge >= 0.3 is 0 Å². The number of amides is 1. The van der Waals surface area contributed by atoms with Crippen LogP contribution >= 0.6 is 0 Å². The Morgan fingerprint density at radius 2 is 1.79 bits per heavy atom. The van der Waals surface area contributed by atoms with Crippen molar-refractivity contribution in [1.82, 2.24) is 5.32 Å². The molecule has 3 N–H and O–H groups in total. The third kappa shape index (κ3) is 5.67. The van der Waals surface area contributed by atoms with E-state index in [2.05, 4.69) is 30.8 Å². The molecule has 0 saturated carbocycles. The smallest absolute Gasteiger partial charge is 0.296 e. The Labute approximate surface area is 187 Å². The molecule has 1 atom stereocenters. The fourth-order valence-electron chi connectivity index (χ4n) is 2.71. The van der Waals surface area contributed by atoms with Crippen LogP contribution in [0.5, 0.6) is 5.75 Å². The molecule has 1 saturated heterocycles. The van der Waals surface area contributed by atoms with Gasteiger partial charge in [-0.25, -0.2) is 0 Å². The minimum Gasteiger partial charge on any atom is -0.508 e. The van der Waals surface area contributed by atoms with E-state index in [1.54, 1.807) is 6.92 Å². The van der Waals surface area contributed by atoms with Gasteiger partial charge in [-0.15, -0.1) is 0 Å². The minimum absolute atomic E-state index is 0.0345. The van der Waals surface area contributed by atoms with Gasteiger partial charge in [0.2, 0.25) is 12.2 Å². The van der Waals surface area contributed by atoms with E-state index in [0.29, 0.717) is 11.3 Å². The molecule has 0 aliphatic carbocycles. The van der Waals surface area contributed by atoms with E-state index in [4.69, 9.17) is 5.26 Å².